The van der Waals surface area contributed by atoms with Gasteiger partial charge in [-0.1, -0.05) is 0 Å². The van der Waals surface area contributed by atoms with Crippen molar-refractivity contribution < 1.29 is 27.7 Å². The Morgan fingerprint density at radius 1 is 0.550 bits per heavy atom. The predicted molar refractivity (Wildman–Crippen MR) is 82.3 cm³/mol. The summed E-state index contributed by atoms with van der Waals surface area (Å²) in [6.07, 6.45) is 10.7. The minimum absolute atomic E-state index is 0.705. The molecule has 0 aliphatic heterocycles. The molecule has 0 bridgehead atoms. The van der Waals surface area contributed by atoms with Gasteiger partial charge in [-0.15, -0.1) is 0 Å². The van der Waals surface area contributed by atoms with Crippen molar-refractivity contribution >= 4 is 0 Å². The van der Waals surface area contributed by atoms with Crippen molar-refractivity contribution in [1.29, 1.82) is 0 Å². The van der Waals surface area contributed by atoms with E-state index in [-0.39, 0.29) is 0 Å². The number of hydrogen-bond acceptors (Lipinski definition) is 3. The van der Waals surface area contributed by atoms with E-state index in [1.54, 1.807) is 0 Å². The third kappa shape index (κ3) is 10.3. The first-order valence-corrected chi connectivity index (χ1v) is 11.7. The number of hydrogen-bond donors (Lipinski definition) is 0. The third-order valence-electron chi connectivity index (χ3n) is 3.43. The summed E-state index contributed by atoms with van der Waals surface area (Å²) >= 11 is -2.93. The van der Waals surface area contributed by atoms with Gasteiger partial charge in [0.1, 0.15) is 0 Å². The predicted octanol–water partition coefficient (Wildman–Crippen LogP) is 5.55. The monoisotopic (exact) mass is 324 g/mol. The zero-order valence-corrected chi connectivity index (χ0v) is 15.8. The van der Waals surface area contributed by atoms with Crippen LogP contribution in [0.1, 0.15) is 79.1 Å². The van der Waals surface area contributed by atoms with E-state index in [1.165, 1.54) is 51.4 Å². The van der Waals surface area contributed by atoms with Crippen molar-refractivity contribution in [2.45, 2.75) is 83.8 Å². The summed E-state index contributed by atoms with van der Waals surface area (Å²) in [6, 6.07) is 0. The fourth-order valence-corrected chi connectivity index (χ4v) is 6.67. The molecule has 0 fully saturated rings. The van der Waals surface area contributed by atoms with Gasteiger partial charge in [0, 0.05) is 0 Å². The molecule has 0 saturated carbocycles. The molecule has 0 aromatic heterocycles. The van der Waals surface area contributed by atoms with Gasteiger partial charge in [0.05, 0.1) is 0 Å². The molecule has 0 aliphatic carbocycles. The van der Waals surface area contributed by atoms with Crippen molar-refractivity contribution in [2.24, 2.45) is 0 Å². The van der Waals surface area contributed by atoms with Crippen LogP contribution in [-0.2, 0) is 27.7 Å². The topological polar surface area (TPSA) is 27.7 Å². The Morgan fingerprint density at radius 3 is 1.35 bits per heavy atom. The molecule has 0 saturated heterocycles. The molecule has 0 aromatic rings. The van der Waals surface area contributed by atoms with Crippen molar-refractivity contribution in [3.63, 3.8) is 0 Å². The van der Waals surface area contributed by atoms with E-state index in [0.29, 0.717) is 19.8 Å². The molecule has 4 heteroatoms. The van der Waals surface area contributed by atoms with Gasteiger partial charge < -0.3 is 0 Å². The second-order valence-corrected chi connectivity index (χ2v) is 9.47. The van der Waals surface area contributed by atoms with E-state index in [4.69, 9.17) is 9.96 Å². The van der Waals surface area contributed by atoms with E-state index in [1.807, 2.05) is 20.8 Å². The van der Waals surface area contributed by atoms with Crippen LogP contribution >= 0.6 is 0 Å². The number of unbranched alkanes of at least 4 members (excludes halogenated alkanes) is 7. The van der Waals surface area contributed by atoms with Crippen molar-refractivity contribution in [2.75, 3.05) is 19.8 Å². The van der Waals surface area contributed by atoms with Crippen LogP contribution in [0.2, 0.25) is 4.73 Å². The Labute approximate surface area is 131 Å². The van der Waals surface area contributed by atoms with Gasteiger partial charge in [-0.05, 0) is 0 Å². The average Bonchev–Trinajstić information content (AvgIpc) is 2.43. The Balaban J connectivity index is 3.82. The van der Waals surface area contributed by atoms with Crippen LogP contribution in [0.25, 0.3) is 0 Å². The van der Waals surface area contributed by atoms with Crippen LogP contribution < -0.4 is 0 Å². The van der Waals surface area contributed by atoms with Gasteiger partial charge in [0.15, 0.2) is 0 Å². The molecule has 0 aromatic carbocycles. The van der Waals surface area contributed by atoms with E-state index < -0.39 is 17.8 Å². The first-order chi connectivity index (χ1) is 9.74. The van der Waals surface area contributed by atoms with Crippen LogP contribution in [0, 0.1) is 0 Å². The molecule has 0 aliphatic rings. The van der Waals surface area contributed by atoms with Gasteiger partial charge >= 0.3 is 131 Å². The SMILES string of the molecule is CCCCCCCCC[CH2][Ti]([O]CC)([O]CC)[O]CC. The van der Waals surface area contributed by atoms with Crippen LogP contribution in [0.15, 0.2) is 0 Å². The molecule has 3 nitrogen and oxygen atoms in total. The second-order valence-electron chi connectivity index (χ2n) is 5.21. The molecule has 0 N–H and O–H groups in total. The first kappa shape index (κ1) is 20.6. The molecule has 0 spiro atoms. The zero-order valence-electron chi connectivity index (χ0n) is 14.2. The second kappa shape index (κ2) is 14.5. The standard InChI is InChI=1S/C10H21.3C2H5O.Ti/c1-3-5-7-9-10-8-6-4-2;3*1-2-3;/h1,3-10H2,2H3;3*2H2,1H3;/q;3*-1;+3. The summed E-state index contributed by atoms with van der Waals surface area (Å²) in [5.41, 5.74) is 0. The van der Waals surface area contributed by atoms with Crippen molar-refractivity contribution in [3.8, 4) is 0 Å². The number of rotatable bonds is 15. The van der Waals surface area contributed by atoms with Crippen molar-refractivity contribution in [1.82, 2.24) is 0 Å². The zero-order chi connectivity index (χ0) is 15.1. The minimum atomic E-state index is -2.93. The Hall–Kier alpha value is 0.594. The van der Waals surface area contributed by atoms with E-state index in [0.717, 1.165) is 4.73 Å². The van der Waals surface area contributed by atoms with Crippen LogP contribution in [0.4, 0.5) is 0 Å². The Kier molecular flexibility index (Phi) is 15.0. The van der Waals surface area contributed by atoms with Gasteiger partial charge in [0.25, 0.3) is 0 Å². The van der Waals surface area contributed by atoms with Crippen LogP contribution in [-0.4, -0.2) is 19.8 Å². The summed E-state index contributed by atoms with van der Waals surface area (Å²) in [5, 5.41) is 0. The van der Waals surface area contributed by atoms with Crippen LogP contribution in [0.3, 0.4) is 0 Å². The summed E-state index contributed by atoms with van der Waals surface area (Å²) in [4.78, 5) is 0. The summed E-state index contributed by atoms with van der Waals surface area (Å²) in [7, 11) is 0. The Morgan fingerprint density at radius 2 is 0.950 bits per heavy atom. The average molecular weight is 324 g/mol. The first-order valence-electron chi connectivity index (χ1n) is 8.66. The van der Waals surface area contributed by atoms with Gasteiger partial charge in [0.2, 0.25) is 0 Å². The molecule has 0 atom stereocenters. The molecule has 0 radical (unpaired) electrons. The fourth-order valence-electron chi connectivity index (χ4n) is 2.48. The van der Waals surface area contributed by atoms with Gasteiger partial charge in [-0.2, -0.15) is 0 Å². The van der Waals surface area contributed by atoms with E-state index in [9.17, 15) is 0 Å². The summed E-state index contributed by atoms with van der Waals surface area (Å²) in [6.45, 7) is 10.5. The normalized spacial score (nSPS) is 12.0. The molecule has 0 rings (SSSR count). The Bertz CT molecular complexity index is 183. The molecule has 20 heavy (non-hydrogen) atoms. The fraction of sp³-hybridized carbons (Fsp3) is 1.00. The summed E-state index contributed by atoms with van der Waals surface area (Å²) < 4.78 is 18.8. The summed E-state index contributed by atoms with van der Waals surface area (Å²) in [5.74, 6) is 0. The van der Waals surface area contributed by atoms with Gasteiger partial charge in [-0.3, -0.25) is 0 Å². The molecule has 0 heterocycles. The quantitative estimate of drug-likeness (QED) is 0.292. The molecular weight excluding hydrogens is 288 g/mol. The van der Waals surface area contributed by atoms with E-state index >= 15 is 0 Å². The molecule has 0 unspecified atom stereocenters. The third-order valence-corrected chi connectivity index (χ3v) is 8.35. The van der Waals surface area contributed by atoms with E-state index in [2.05, 4.69) is 6.92 Å². The maximum absolute atomic E-state index is 5.91. The molecule has 0 amide bonds. The van der Waals surface area contributed by atoms with Gasteiger partial charge in [-0.25, -0.2) is 0 Å². The molecular formula is C16H36O3Ti. The van der Waals surface area contributed by atoms with Crippen molar-refractivity contribution in [3.05, 3.63) is 0 Å². The van der Waals surface area contributed by atoms with Crippen LogP contribution in [0.5, 0.6) is 0 Å². The molecule has 122 valence electrons. The maximum atomic E-state index is 5.91.